The Labute approximate surface area is 127 Å². The van der Waals surface area contributed by atoms with E-state index < -0.39 is 6.10 Å². The Kier molecular flexibility index (Phi) is 5.20. The molecule has 0 aliphatic heterocycles. The number of hydrogen-bond acceptors (Lipinski definition) is 3. The van der Waals surface area contributed by atoms with E-state index in [9.17, 15) is 9.90 Å². The highest BCUT2D eigenvalue weighted by Gasteiger charge is 2.30. The molecule has 2 N–H and O–H groups in total. The maximum atomic E-state index is 12.2. The number of rotatable bonds is 5. The van der Waals surface area contributed by atoms with E-state index in [0.29, 0.717) is 12.1 Å². The molecule has 1 rings (SSSR count). The van der Waals surface area contributed by atoms with Crippen LogP contribution in [0.25, 0.3) is 0 Å². The zero-order valence-corrected chi connectivity index (χ0v) is 14.3. The SMILES string of the molecule is CC(C)C(O)C(C)(C)CNC(=O)c1cnn(C(C)(C)C)c1. The smallest absolute Gasteiger partial charge is 0.254 e. The number of aromatic nitrogens is 2. The van der Waals surface area contributed by atoms with Gasteiger partial charge >= 0.3 is 0 Å². The van der Waals surface area contributed by atoms with Crippen LogP contribution in [0.15, 0.2) is 12.4 Å². The minimum atomic E-state index is -0.463. The highest BCUT2D eigenvalue weighted by Crippen LogP contribution is 2.25. The molecule has 0 aliphatic carbocycles. The van der Waals surface area contributed by atoms with Gasteiger partial charge in [-0.1, -0.05) is 27.7 Å². The van der Waals surface area contributed by atoms with Crippen LogP contribution in [0.3, 0.4) is 0 Å². The molecule has 1 aromatic rings. The minimum Gasteiger partial charge on any atom is -0.392 e. The number of aliphatic hydroxyl groups excluding tert-OH is 1. The van der Waals surface area contributed by atoms with Crippen LogP contribution in [0.1, 0.15) is 58.8 Å². The topological polar surface area (TPSA) is 67.2 Å². The zero-order chi connectivity index (χ0) is 16.4. The molecule has 0 fully saturated rings. The van der Waals surface area contributed by atoms with Crippen LogP contribution in [0, 0.1) is 11.3 Å². The molecule has 1 unspecified atom stereocenters. The van der Waals surface area contributed by atoms with Crippen molar-refractivity contribution in [2.45, 2.75) is 60.1 Å². The van der Waals surface area contributed by atoms with Gasteiger partial charge in [-0.15, -0.1) is 0 Å². The van der Waals surface area contributed by atoms with Crippen molar-refractivity contribution >= 4 is 5.91 Å². The summed E-state index contributed by atoms with van der Waals surface area (Å²) in [5.74, 6) is -0.00456. The van der Waals surface area contributed by atoms with Gasteiger partial charge in [0.15, 0.2) is 0 Å². The fourth-order valence-electron chi connectivity index (χ4n) is 2.22. The Bertz CT molecular complexity index is 484. The van der Waals surface area contributed by atoms with Crippen LogP contribution in [-0.4, -0.2) is 33.4 Å². The lowest BCUT2D eigenvalue weighted by molar-refractivity contribution is 0.0138. The highest BCUT2D eigenvalue weighted by molar-refractivity contribution is 5.93. The van der Waals surface area contributed by atoms with Crippen molar-refractivity contribution < 1.29 is 9.90 Å². The van der Waals surface area contributed by atoms with Crippen molar-refractivity contribution in [3.8, 4) is 0 Å². The monoisotopic (exact) mass is 295 g/mol. The summed E-state index contributed by atoms with van der Waals surface area (Å²) >= 11 is 0. The molecule has 0 bridgehead atoms. The maximum Gasteiger partial charge on any atom is 0.254 e. The van der Waals surface area contributed by atoms with Gasteiger partial charge in [0.2, 0.25) is 0 Å². The average molecular weight is 295 g/mol. The molecule has 0 aromatic carbocycles. The van der Waals surface area contributed by atoms with Gasteiger partial charge < -0.3 is 10.4 Å². The van der Waals surface area contributed by atoms with Crippen LogP contribution >= 0.6 is 0 Å². The van der Waals surface area contributed by atoms with Crippen molar-refractivity contribution in [3.05, 3.63) is 18.0 Å². The molecule has 1 aromatic heterocycles. The van der Waals surface area contributed by atoms with Gasteiger partial charge in [-0.3, -0.25) is 9.48 Å². The van der Waals surface area contributed by atoms with Gasteiger partial charge in [0.1, 0.15) is 0 Å². The standard InChI is InChI=1S/C16H29N3O2/c1-11(2)13(20)16(6,7)10-17-14(21)12-8-18-19(9-12)15(3,4)5/h8-9,11,13,20H,10H2,1-7H3,(H,17,21). The van der Waals surface area contributed by atoms with Crippen LogP contribution < -0.4 is 5.32 Å². The minimum absolute atomic E-state index is 0.147. The first-order chi connectivity index (χ1) is 9.45. The van der Waals surface area contributed by atoms with Crippen molar-refractivity contribution in [3.63, 3.8) is 0 Å². The van der Waals surface area contributed by atoms with Crippen molar-refractivity contribution in [1.29, 1.82) is 0 Å². The van der Waals surface area contributed by atoms with Gasteiger partial charge in [-0.2, -0.15) is 5.10 Å². The Morgan fingerprint density at radius 1 is 1.33 bits per heavy atom. The van der Waals surface area contributed by atoms with E-state index in [1.165, 1.54) is 0 Å². The second-order valence-electron chi connectivity index (χ2n) is 7.70. The summed E-state index contributed by atoms with van der Waals surface area (Å²) in [6.45, 7) is 14.4. The second-order valence-corrected chi connectivity index (χ2v) is 7.70. The van der Waals surface area contributed by atoms with E-state index in [2.05, 4.69) is 10.4 Å². The molecule has 0 aliphatic rings. The van der Waals surface area contributed by atoms with E-state index in [1.54, 1.807) is 17.1 Å². The van der Waals surface area contributed by atoms with Gasteiger partial charge in [0.05, 0.1) is 23.4 Å². The van der Waals surface area contributed by atoms with Gasteiger partial charge in [0.25, 0.3) is 5.91 Å². The Morgan fingerprint density at radius 3 is 2.33 bits per heavy atom. The molecule has 120 valence electrons. The lowest BCUT2D eigenvalue weighted by Crippen LogP contribution is -2.43. The molecule has 1 amide bonds. The fraction of sp³-hybridized carbons (Fsp3) is 0.750. The van der Waals surface area contributed by atoms with Crippen LogP contribution in [-0.2, 0) is 5.54 Å². The van der Waals surface area contributed by atoms with Gasteiger partial charge in [0, 0.05) is 18.2 Å². The molecule has 21 heavy (non-hydrogen) atoms. The summed E-state index contributed by atoms with van der Waals surface area (Å²) in [5, 5.41) is 17.3. The average Bonchev–Trinajstić information content (AvgIpc) is 2.84. The summed E-state index contributed by atoms with van der Waals surface area (Å²) < 4.78 is 1.77. The lowest BCUT2D eigenvalue weighted by Gasteiger charge is -2.33. The van der Waals surface area contributed by atoms with E-state index >= 15 is 0 Å². The number of carbonyl (C=O) groups excluding carboxylic acids is 1. The van der Waals surface area contributed by atoms with E-state index in [4.69, 9.17) is 0 Å². The predicted molar refractivity (Wildman–Crippen MR) is 84.2 cm³/mol. The predicted octanol–water partition coefficient (Wildman–Crippen LogP) is 2.41. The fourth-order valence-corrected chi connectivity index (χ4v) is 2.22. The number of nitrogens with zero attached hydrogens (tertiary/aromatic N) is 2. The number of carbonyl (C=O) groups is 1. The molecule has 0 radical (unpaired) electrons. The van der Waals surface area contributed by atoms with E-state index in [1.807, 2.05) is 48.5 Å². The molecule has 5 heteroatoms. The molecular formula is C16H29N3O2. The molecular weight excluding hydrogens is 266 g/mol. The third-order valence-corrected chi connectivity index (χ3v) is 3.67. The Hall–Kier alpha value is -1.36. The number of amides is 1. The highest BCUT2D eigenvalue weighted by atomic mass is 16.3. The molecule has 1 atom stereocenters. The molecule has 0 saturated carbocycles. The Balaban J connectivity index is 2.68. The molecule has 1 heterocycles. The number of nitrogens with one attached hydrogen (secondary N) is 1. The molecule has 0 spiro atoms. The van der Waals surface area contributed by atoms with Crippen LogP contribution in [0.5, 0.6) is 0 Å². The summed E-state index contributed by atoms with van der Waals surface area (Å²) in [6.07, 6.45) is 2.86. The quantitative estimate of drug-likeness (QED) is 0.876. The molecule has 5 nitrogen and oxygen atoms in total. The van der Waals surface area contributed by atoms with Crippen LogP contribution in [0.4, 0.5) is 0 Å². The maximum absolute atomic E-state index is 12.2. The van der Waals surface area contributed by atoms with Gasteiger partial charge in [-0.25, -0.2) is 0 Å². The summed E-state index contributed by atoms with van der Waals surface area (Å²) in [5.41, 5.74) is 0.0231. The van der Waals surface area contributed by atoms with E-state index in [-0.39, 0.29) is 22.8 Å². The van der Waals surface area contributed by atoms with Crippen molar-refractivity contribution in [1.82, 2.24) is 15.1 Å². The third kappa shape index (κ3) is 4.56. The summed E-state index contributed by atoms with van der Waals surface area (Å²) in [7, 11) is 0. The normalized spacial score (nSPS) is 14.3. The first kappa shape index (κ1) is 17.7. The van der Waals surface area contributed by atoms with E-state index in [0.717, 1.165) is 0 Å². The summed E-state index contributed by atoms with van der Waals surface area (Å²) in [4.78, 5) is 12.2. The zero-order valence-electron chi connectivity index (χ0n) is 14.3. The Morgan fingerprint density at radius 2 is 1.90 bits per heavy atom. The largest absolute Gasteiger partial charge is 0.392 e. The van der Waals surface area contributed by atoms with Gasteiger partial charge in [-0.05, 0) is 26.7 Å². The number of aliphatic hydroxyl groups is 1. The van der Waals surface area contributed by atoms with Crippen LogP contribution in [0.2, 0.25) is 0 Å². The number of hydrogen-bond donors (Lipinski definition) is 2. The molecule has 0 saturated heterocycles. The third-order valence-electron chi connectivity index (χ3n) is 3.67. The second kappa shape index (κ2) is 6.18. The first-order valence-electron chi connectivity index (χ1n) is 7.46. The van der Waals surface area contributed by atoms with Crippen molar-refractivity contribution in [2.75, 3.05) is 6.54 Å². The first-order valence-corrected chi connectivity index (χ1v) is 7.46. The summed E-state index contributed by atoms with van der Waals surface area (Å²) in [6, 6.07) is 0. The van der Waals surface area contributed by atoms with Crippen molar-refractivity contribution in [2.24, 2.45) is 11.3 Å². The lowest BCUT2D eigenvalue weighted by atomic mass is 9.80.